The van der Waals surface area contributed by atoms with Crippen LogP contribution in [-0.4, -0.2) is 46.5 Å². The van der Waals surface area contributed by atoms with Crippen molar-refractivity contribution in [2.75, 3.05) is 26.8 Å². The molecule has 31 heavy (non-hydrogen) atoms. The van der Waals surface area contributed by atoms with Crippen LogP contribution in [0.5, 0.6) is 5.75 Å². The molecule has 1 aromatic carbocycles. The zero-order chi connectivity index (χ0) is 22.0. The summed E-state index contributed by atoms with van der Waals surface area (Å²) in [5.74, 6) is 0.846. The number of hydrogen-bond donors (Lipinski definition) is 0. The van der Waals surface area contributed by atoms with Gasteiger partial charge in [0.25, 0.3) is 0 Å². The minimum absolute atomic E-state index is 0.0196. The molecule has 1 atom stereocenters. The van der Waals surface area contributed by atoms with Gasteiger partial charge in [0.15, 0.2) is 0 Å². The Bertz CT molecular complexity index is 1030. The van der Waals surface area contributed by atoms with Crippen molar-refractivity contribution < 1.29 is 9.47 Å². The summed E-state index contributed by atoms with van der Waals surface area (Å²) in [6, 6.07) is 12.6. The van der Waals surface area contributed by atoms with Gasteiger partial charge >= 0.3 is 0 Å². The number of methoxy groups -OCH3 is 1. The molecule has 0 spiro atoms. The Labute approximate surface area is 184 Å². The average Bonchev–Trinajstić information content (AvgIpc) is 3.08. The van der Waals surface area contributed by atoms with E-state index in [1.54, 1.807) is 7.11 Å². The molecule has 0 N–H and O–H groups in total. The highest BCUT2D eigenvalue weighted by atomic mass is 16.5. The number of aryl methyl sites for hydroxylation is 1. The highest BCUT2D eigenvalue weighted by molar-refractivity contribution is 5.64. The van der Waals surface area contributed by atoms with E-state index in [9.17, 15) is 0 Å². The molecule has 6 nitrogen and oxygen atoms in total. The number of pyridine rings is 1. The number of benzene rings is 1. The average molecular weight is 421 g/mol. The highest BCUT2D eigenvalue weighted by Gasteiger charge is 2.25. The van der Waals surface area contributed by atoms with E-state index >= 15 is 0 Å². The van der Waals surface area contributed by atoms with E-state index in [0.29, 0.717) is 12.6 Å². The zero-order valence-electron chi connectivity index (χ0n) is 19.1. The predicted octanol–water partition coefficient (Wildman–Crippen LogP) is 4.72. The van der Waals surface area contributed by atoms with Gasteiger partial charge in [0.2, 0.25) is 0 Å². The monoisotopic (exact) mass is 420 g/mol. The fraction of sp³-hybridized carbons (Fsp3) is 0.440. The van der Waals surface area contributed by atoms with E-state index in [2.05, 4.69) is 55.5 Å². The van der Waals surface area contributed by atoms with Crippen molar-refractivity contribution in [3.05, 3.63) is 65.2 Å². The Kier molecular flexibility index (Phi) is 6.39. The maximum atomic E-state index is 6.07. The first-order valence-electron chi connectivity index (χ1n) is 10.9. The first-order chi connectivity index (χ1) is 15.0. The molecule has 0 unspecified atom stereocenters. The minimum Gasteiger partial charge on any atom is -0.497 e. The lowest BCUT2D eigenvalue weighted by Crippen LogP contribution is -2.38. The van der Waals surface area contributed by atoms with Gasteiger partial charge in [-0.2, -0.15) is 5.10 Å². The van der Waals surface area contributed by atoms with Gasteiger partial charge < -0.3 is 9.47 Å². The number of hydrogen-bond acceptors (Lipinski definition) is 5. The third-order valence-corrected chi connectivity index (χ3v) is 6.02. The first kappa shape index (κ1) is 21.5. The highest BCUT2D eigenvalue weighted by Crippen LogP contribution is 2.27. The van der Waals surface area contributed by atoms with Crippen molar-refractivity contribution in [1.29, 1.82) is 0 Å². The van der Waals surface area contributed by atoms with Gasteiger partial charge in [-0.1, -0.05) is 18.2 Å². The summed E-state index contributed by atoms with van der Waals surface area (Å²) >= 11 is 0. The summed E-state index contributed by atoms with van der Waals surface area (Å²) in [6.07, 6.45) is 1.90. The maximum Gasteiger partial charge on any atom is 0.119 e. The molecule has 164 valence electrons. The molecule has 3 aromatic rings. The molecule has 0 saturated carbocycles. The SMILES string of the molecule is COc1cccc(-c2ccc([C@@H]3CN(Cc4c(C)nn(C(C)C)c4C)CCO3)nc2)c1. The molecular formula is C25H32N4O2. The van der Waals surface area contributed by atoms with E-state index in [1.165, 1.54) is 11.3 Å². The standard InChI is InChI=1S/C25H32N4O2/c1-17(2)29-19(4)23(18(3)27-29)15-28-11-12-31-25(16-28)24-10-9-21(14-26-24)20-7-6-8-22(13-20)30-5/h6-10,13-14,17,25H,11-12,15-16H2,1-5H3/t25-/m0/s1. The first-order valence-corrected chi connectivity index (χ1v) is 10.9. The quantitative estimate of drug-likeness (QED) is 0.577. The fourth-order valence-corrected chi connectivity index (χ4v) is 4.25. The van der Waals surface area contributed by atoms with E-state index in [1.807, 2.05) is 24.4 Å². The Balaban J connectivity index is 1.46. The van der Waals surface area contributed by atoms with Crippen LogP contribution in [0.3, 0.4) is 0 Å². The van der Waals surface area contributed by atoms with Gasteiger partial charge in [-0.25, -0.2) is 0 Å². The molecule has 4 rings (SSSR count). The van der Waals surface area contributed by atoms with Gasteiger partial charge in [-0.15, -0.1) is 0 Å². The molecule has 3 heterocycles. The maximum absolute atomic E-state index is 6.07. The molecule has 0 radical (unpaired) electrons. The van der Waals surface area contributed by atoms with Crippen LogP contribution in [0.25, 0.3) is 11.1 Å². The third kappa shape index (κ3) is 4.65. The summed E-state index contributed by atoms with van der Waals surface area (Å²) in [5.41, 5.74) is 6.85. The van der Waals surface area contributed by atoms with Crippen LogP contribution in [-0.2, 0) is 11.3 Å². The molecule has 1 aliphatic heterocycles. The van der Waals surface area contributed by atoms with Crippen molar-refractivity contribution >= 4 is 0 Å². The van der Waals surface area contributed by atoms with E-state index in [0.717, 1.165) is 47.9 Å². The van der Waals surface area contributed by atoms with Crippen molar-refractivity contribution in [3.8, 4) is 16.9 Å². The predicted molar refractivity (Wildman–Crippen MR) is 122 cm³/mol. The van der Waals surface area contributed by atoms with Crippen molar-refractivity contribution in [1.82, 2.24) is 19.7 Å². The molecule has 1 saturated heterocycles. The van der Waals surface area contributed by atoms with Crippen LogP contribution >= 0.6 is 0 Å². The largest absolute Gasteiger partial charge is 0.497 e. The molecule has 2 aromatic heterocycles. The van der Waals surface area contributed by atoms with Crippen LogP contribution < -0.4 is 4.74 Å². The number of morpholine rings is 1. The van der Waals surface area contributed by atoms with Gasteiger partial charge in [0.05, 0.1) is 25.1 Å². The summed E-state index contributed by atoms with van der Waals surface area (Å²) in [7, 11) is 1.68. The van der Waals surface area contributed by atoms with Crippen LogP contribution in [0.2, 0.25) is 0 Å². The Morgan fingerprint density at radius 1 is 1.16 bits per heavy atom. The molecule has 0 bridgehead atoms. The Hall–Kier alpha value is -2.70. The summed E-state index contributed by atoms with van der Waals surface area (Å²) < 4.78 is 13.5. The second-order valence-electron chi connectivity index (χ2n) is 8.49. The number of aromatic nitrogens is 3. The molecule has 0 aliphatic carbocycles. The van der Waals surface area contributed by atoms with Gasteiger partial charge in [-0.3, -0.25) is 14.6 Å². The lowest BCUT2D eigenvalue weighted by molar-refractivity contribution is -0.0351. The molecular weight excluding hydrogens is 388 g/mol. The van der Waals surface area contributed by atoms with Crippen molar-refractivity contribution in [2.45, 2.75) is 46.4 Å². The zero-order valence-corrected chi connectivity index (χ0v) is 19.1. The number of rotatable bonds is 6. The van der Waals surface area contributed by atoms with Crippen molar-refractivity contribution in [2.24, 2.45) is 0 Å². The molecule has 1 fully saturated rings. The number of ether oxygens (including phenoxy) is 2. The summed E-state index contributed by atoms with van der Waals surface area (Å²) in [6.45, 7) is 12.0. The molecule has 6 heteroatoms. The minimum atomic E-state index is -0.0196. The normalized spacial score (nSPS) is 17.3. The third-order valence-electron chi connectivity index (χ3n) is 6.02. The summed E-state index contributed by atoms with van der Waals surface area (Å²) in [5, 5.41) is 4.74. The lowest BCUT2D eigenvalue weighted by Gasteiger charge is -2.32. The van der Waals surface area contributed by atoms with E-state index in [4.69, 9.17) is 19.6 Å². The fourth-order valence-electron chi connectivity index (χ4n) is 4.25. The van der Waals surface area contributed by atoms with Gasteiger partial charge in [-0.05, 0) is 51.5 Å². The Morgan fingerprint density at radius 3 is 2.68 bits per heavy atom. The van der Waals surface area contributed by atoms with Gasteiger partial charge in [0, 0.05) is 48.7 Å². The van der Waals surface area contributed by atoms with E-state index in [-0.39, 0.29) is 6.10 Å². The Morgan fingerprint density at radius 2 is 2.00 bits per heavy atom. The second kappa shape index (κ2) is 9.20. The second-order valence-corrected chi connectivity index (χ2v) is 8.49. The number of nitrogens with zero attached hydrogens (tertiary/aromatic N) is 4. The van der Waals surface area contributed by atoms with Crippen LogP contribution in [0.4, 0.5) is 0 Å². The topological polar surface area (TPSA) is 52.4 Å². The van der Waals surface area contributed by atoms with Crippen molar-refractivity contribution in [3.63, 3.8) is 0 Å². The lowest BCUT2D eigenvalue weighted by atomic mass is 10.1. The van der Waals surface area contributed by atoms with Gasteiger partial charge in [0.1, 0.15) is 11.9 Å². The molecule has 1 aliphatic rings. The van der Waals surface area contributed by atoms with E-state index < -0.39 is 0 Å². The molecule has 0 amide bonds. The smallest absolute Gasteiger partial charge is 0.119 e. The summed E-state index contributed by atoms with van der Waals surface area (Å²) in [4.78, 5) is 7.18. The van der Waals surface area contributed by atoms with Crippen LogP contribution in [0.1, 0.15) is 48.6 Å². The van der Waals surface area contributed by atoms with Crippen LogP contribution in [0, 0.1) is 13.8 Å². The van der Waals surface area contributed by atoms with Crippen LogP contribution in [0.15, 0.2) is 42.6 Å².